The van der Waals surface area contributed by atoms with Gasteiger partial charge in [0.15, 0.2) is 29.5 Å². The summed E-state index contributed by atoms with van der Waals surface area (Å²) in [5.41, 5.74) is 0. The first kappa shape index (κ1) is 24.5. The second-order valence-electron chi connectivity index (χ2n) is 6.24. The zero-order valence-electron chi connectivity index (χ0n) is 16.4. The maximum atomic E-state index is 10.9. The van der Waals surface area contributed by atoms with Crippen molar-refractivity contribution in [2.24, 2.45) is 0 Å². The summed E-state index contributed by atoms with van der Waals surface area (Å²) in [7, 11) is 0. The van der Waals surface area contributed by atoms with Crippen LogP contribution in [0.15, 0.2) is 23.0 Å². The van der Waals surface area contributed by atoms with E-state index in [0.29, 0.717) is 0 Å². The summed E-state index contributed by atoms with van der Waals surface area (Å²) in [6.45, 7) is 6.95. The van der Waals surface area contributed by atoms with Crippen molar-refractivity contribution < 1.29 is 59.2 Å². The third kappa shape index (κ3) is 5.50. The van der Waals surface area contributed by atoms with E-state index < -0.39 is 71.8 Å². The molecular formula is C17H26O12. The molecule has 1 saturated heterocycles. The van der Waals surface area contributed by atoms with Crippen LogP contribution in [0, 0.1) is 0 Å². The summed E-state index contributed by atoms with van der Waals surface area (Å²) >= 11 is 0. The summed E-state index contributed by atoms with van der Waals surface area (Å²) in [5.74, 6) is -5.74. The molecule has 0 aromatic carbocycles. The standard InChI is InChI=1S/C9H12O6.C6H8O6.C2H6/c1-9(2)13-3-4(15-9)7-5(10)6(11)8(12)14-7;7-1-2(8)5-3(9)4(10)6(11)12-5;1-2/h4,7,10-11H,3H2,1-2H3;2,5,7-10H,1H2;1-2H3/t4-,7+;2-,5+;/m00./s1. The van der Waals surface area contributed by atoms with Crippen LogP contribution in [-0.4, -0.2) is 86.0 Å². The highest BCUT2D eigenvalue weighted by Crippen LogP contribution is 2.31. The molecule has 1 fully saturated rings. The Hall–Kier alpha value is -2.54. The maximum absolute atomic E-state index is 10.9. The summed E-state index contributed by atoms with van der Waals surface area (Å²) in [5, 5.41) is 53.5. The SMILES string of the molecule is CC.CC1(C)OC[C@@H]([C@H]2OC(=O)C(O)=C2O)O1.O=C1O[C@H]([C@@H](O)CO)C(O)=C1O. The van der Waals surface area contributed by atoms with Crippen LogP contribution in [0.1, 0.15) is 27.7 Å². The van der Waals surface area contributed by atoms with Gasteiger partial charge in [-0.3, -0.25) is 0 Å². The largest absolute Gasteiger partial charge is 0.505 e. The molecule has 0 spiro atoms. The van der Waals surface area contributed by atoms with Gasteiger partial charge in [-0.1, -0.05) is 13.8 Å². The van der Waals surface area contributed by atoms with E-state index in [0.717, 1.165) is 0 Å². The fourth-order valence-corrected chi connectivity index (χ4v) is 2.41. The Morgan fingerprint density at radius 2 is 1.52 bits per heavy atom. The van der Waals surface area contributed by atoms with Crippen molar-refractivity contribution in [1.82, 2.24) is 0 Å². The Morgan fingerprint density at radius 3 is 1.86 bits per heavy atom. The van der Waals surface area contributed by atoms with Crippen molar-refractivity contribution in [3.8, 4) is 0 Å². The van der Waals surface area contributed by atoms with E-state index in [-0.39, 0.29) is 6.61 Å². The van der Waals surface area contributed by atoms with Crippen LogP contribution >= 0.6 is 0 Å². The van der Waals surface area contributed by atoms with Crippen LogP contribution < -0.4 is 0 Å². The lowest BCUT2D eigenvalue weighted by atomic mass is 10.2. The number of ether oxygens (including phenoxy) is 4. The van der Waals surface area contributed by atoms with Gasteiger partial charge in [0, 0.05) is 0 Å². The molecule has 0 saturated carbocycles. The molecule has 166 valence electrons. The second-order valence-corrected chi connectivity index (χ2v) is 6.24. The van der Waals surface area contributed by atoms with Gasteiger partial charge in [0.1, 0.15) is 12.2 Å². The molecule has 4 atom stereocenters. The summed E-state index contributed by atoms with van der Waals surface area (Å²) in [6, 6.07) is 0. The molecule has 0 radical (unpaired) electrons. The van der Waals surface area contributed by atoms with Gasteiger partial charge in [-0.15, -0.1) is 0 Å². The number of hydrogen-bond donors (Lipinski definition) is 6. The lowest BCUT2D eigenvalue weighted by molar-refractivity contribution is -0.163. The lowest BCUT2D eigenvalue weighted by Crippen LogP contribution is -2.32. The molecule has 29 heavy (non-hydrogen) atoms. The molecule has 12 heteroatoms. The molecule has 3 aliphatic heterocycles. The number of carbonyl (C=O) groups is 2. The van der Waals surface area contributed by atoms with Crippen molar-refractivity contribution in [3.63, 3.8) is 0 Å². The van der Waals surface area contributed by atoms with Crippen LogP contribution in [0.4, 0.5) is 0 Å². The number of aliphatic hydroxyl groups is 6. The summed E-state index contributed by atoms with van der Waals surface area (Å²) in [6.07, 6.45) is -4.34. The first-order chi connectivity index (χ1) is 13.5. The normalized spacial score (nSPS) is 28.8. The third-order valence-corrected chi connectivity index (χ3v) is 3.78. The Morgan fingerprint density at radius 1 is 1.00 bits per heavy atom. The minimum absolute atomic E-state index is 0.197. The number of esters is 2. The van der Waals surface area contributed by atoms with Crippen molar-refractivity contribution in [2.45, 2.75) is 57.9 Å². The summed E-state index contributed by atoms with van der Waals surface area (Å²) in [4.78, 5) is 21.5. The van der Waals surface area contributed by atoms with Gasteiger partial charge in [-0.25, -0.2) is 9.59 Å². The van der Waals surface area contributed by atoms with Gasteiger partial charge < -0.3 is 49.6 Å². The number of carbonyl (C=O) groups excluding carboxylic acids is 2. The quantitative estimate of drug-likeness (QED) is 0.334. The first-order valence-corrected chi connectivity index (χ1v) is 8.75. The van der Waals surface area contributed by atoms with E-state index in [4.69, 9.17) is 39.7 Å². The average Bonchev–Trinajstić information content (AvgIpc) is 3.28. The number of aliphatic hydroxyl groups excluding tert-OH is 6. The lowest BCUT2D eigenvalue weighted by Gasteiger charge is -2.19. The van der Waals surface area contributed by atoms with E-state index in [1.807, 2.05) is 13.8 Å². The highest BCUT2D eigenvalue weighted by Gasteiger charge is 2.46. The summed E-state index contributed by atoms with van der Waals surface area (Å²) < 4.78 is 19.7. The van der Waals surface area contributed by atoms with E-state index in [1.165, 1.54) is 0 Å². The fraction of sp³-hybridized carbons (Fsp3) is 0.647. The molecular weight excluding hydrogens is 396 g/mol. The molecule has 0 amide bonds. The van der Waals surface area contributed by atoms with E-state index >= 15 is 0 Å². The predicted octanol–water partition coefficient (Wildman–Crippen LogP) is 0.00970. The van der Waals surface area contributed by atoms with Crippen LogP contribution in [0.5, 0.6) is 0 Å². The Labute approximate surface area is 166 Å². The minimum atomic E-state index is -1.42. The molecule has 3 aliphatic rings. The fourth-order valence-electron chi connectivity index (χ4n) is 2.41. The minimum Gasteiger partial charge on any atom is -0.505 e. The van der Waals surface area contributed by atoms with Crippen molar-refractivity contribution in [3.05, 3.63) is 23.0 Å². The zero-order valence-corrected chi connectivity index (χ0v) is 16.4. The number of cyclic esters (lactones) is 2. The van der Waals surface area contributed by atoms with Crippen LogP contribution in [0.2, 0.25) is 0 Å². The van der Waals surface area contributed by atoms with E-state index in [9.17, 15) is 14.7 Å². The van der Waals surface area contributed by atoms with Gasteiger partial charge in [-0.2, -0.15) is 0 Å². The monoisotopic (exact) mass is 422 g/mol. The van der Waals surface area contributed by atoms with E-state index in [1.54, 1.807) is 13.8 Å². The highest BCUT2D eigenvalue weighted by atomic mass is 16.8. The molecule has 0 aliphatic carbocycles. The van der Waals surface area contributed by atoms with Gasteiger partial charge in [0.2, 0.25) is 11.5 Å². The Balaban J connectivity index is 0.000000273. The smallest absolute Gasteiger partial charge is 0.377 e. The van der Waals surface area contributed by atoms with Gasteiger partial charge in [0.25, 0.3) is 0 Å². The molecule has 0 unspecified atom stereocenters. The topological polar surface area (TPSA) is 192 Å². The highest BCUT2D eigenvalue weighted by molar-refractivity contribution is 5.89. The van der Waals surface area contributed by atoms with Gasteiger partial charge in [-0.05, 0) is 13.8 Å². The van der Waals surface area contributed by atoms with Crippen molar-refractivity contribution in [2.75, 3.05) is 13.2 Å². The maximum Gasteiger partial charge on any atom is 0.377 e. The van der Waals surface area contributed by atoms with Gasteiger partial charge in [0.05, 0.1) is 13.2 Å². The van der Waals surface area contributed by atoms with Crippen LogP contribution in [-0.2, 0) is 28.5 Å². The van der Waals surface area contributed by atoms with Gasteiger partial charge >= 0.3 is 11.9 Å². The Bertz CT molecular complexity index is 680. The number of rotatable bonds is 3. The van der Waals surface area contributed by atoms with Crippen LogP contribution in [0.25, 0.3) is 0 Å². The molecule has 0 aromatic rings. The third-order valence-electron chi connectivity index (χ3n) is 3.78. The molecule has 0 bridgehead atoms. The van der Waals surface area contributed by atoms with Crippen molar-refractivity contribution >= 4 is 11.9 Å². The molecule has 6 N–H and O–H groups in total. The molecule has 3 heterocycles. The molecule has 3 rings (SSSR count). The predicted molar refractivity (Wildman–Crippen MR) is 93.7 cm³/mol. The number of hydrogen-bond acceptors (Lipinski definition) is 12. The second kappa shape index (κ2) is 9.78. The zero-order chi connectivity index (χ0) is 22.5. The van der Waals surface area contributed by atoms with E-state index in [2.05, 4.69) is 4.74 Å². The van der Waals surface area contributed by atoms with Crippen molar-refractivity contribution in [1.29, 1.82) is 0 Å². The van der Waals surface area contributed by atoms with Crippen LogP contribution in [0.3, 0.4) is 0 Å². The average molecular weight is 422 g/mol. The molecule has 12 nitrogen and oxygen atoms in total. The first-order valence-electron chi connectivity index (χ1n) is 8.75. The Kier molecular flexibility index (Phi) is 8.26. The molecule has 0 aromatic heterocycles.